The molecule has 0 fully saturated rings. The molecule has 1 aromatic carbocycles. The fraction of sp³-hybridized carbons (Fsp3) is 0.417. The Morgan fingerprint density at radius 3 is 2.65 bits per heavy atom. The summed E-state index contributed by atoms with van der Waals surface area (Å²) in [5, 5.41) is 6.44. The minimum absolute atomic E-state index is 0. The monoisotopic (exact) mass is 276 g/mol. The Balaban J connectivity index is 0.00000256. The number of carbonyl (C=O) groups excluding carboxylic acids is 1. The van der Waals surface area contributed by atoms with E-state index in [0.29, 0.717) is 17.1 Å². The van der Waals surface area contributed by atoms with Gasteiger partial charge in [-0.3, -0.25) is 4.79 Å². The van der Waals surface area contributed by atoms with Crippen molar-refractivity contribution >= 4 is 29.9 Å². The Morgan fingerprint density at radius 2 is 2.06 bits per heavy atom. The van der Waals surface area contributed by atoms with E-state index in [9.17, 15) is 4.79 Å². The van der Waals surface area contributed by atoms with Crippen LogP contribution >= 0.6 is 24.0 Å². The van der Waals surface area contributed by atoms with Crippen LogP contribution < -0.4 is 10.6 Å². The summed E-state index contributed by atoms with van der Waals surface area (Å²) in [5.74, 6) is -0.122. The molecule has 0 aromatic heterocycles. The maximum absolute atomic E-state index is 11.7. The molecular weight excluding hydrogens is 259 g/mol. The number of likely N-dealkylation sites (N-methyl/N-ethyl adjacent to an activating group) is 1. The summed E-state index contributed by atoms with van der Waals surface area (Å²) in [6, 6.07) is 5.42. The van der Waals surface area contributed by atoms with Gasteiger partial charge in [-0.05, 0) is 31.2 Å². The molecule has 0 saturated heterocycles. The predicted octanol–water partition coefficient (Wildman–Crippen LogP) is 2.41. The van der Waals surface area contributed by atoms with E-state index in [1.807, 2.05) is 19.9 Å². The Bertz CT molecular complexity index is 370. The van der Waals surface area contributed by atoms with Gasteiger partial charge >= 0.3 is 0 Å². The lowest BCUT2D eigenvalue weighted by Gasteiger charge is -2.07. The summed E-state index contributed by atoms with van der Waals surface area (Å²) >= 11 is 5.99. The van der Waals surface area contributed by atoms with E-state index in [1.165, 1.54) is 0 Å². The van der Waals surface area contributed by atoms with Crippen molar-refractivity contribution < 1.29 is 4.79 Å². The second kappa shape index (κ2) is 8.34. The zero-order valence-corrected chi connectivity index (χ0v) is 11.6. The number of rotatable bonds is 5. The van der Waals surface area contributed by atoms with Crippen LogP contribution in [0.25, 0.3) is 0 Å². The first-order chi connectivity index (χ1) is 7.65. The molecule has 0 unspecified atom stereocenters. The molecule has 0 aliphatic carbocycles. The summed E-state index contributed by atoms with van der Waals surface area (Å²) in [4.78, 5) is 11.7. The molecule has 0 radical (unpaired) electrons. The number of amides is 1. The van der Waals surface area contributed by atoms with Crippen molar-refractivity contribution in [2.45, 2.75) is 13.8 Å². The van der Waals surface area contributed by atoms with Crippen LogP contribution in [-0.4, -0.2) is 25.5 Å². The van der Waals surface area contributed by atoms with Crippen molar-refractivity contribution in [1.29, 1.82) is 0 Å². The first kappa shape index (κ1) is 16.2. The van der Waals surface area contributed by atoms with Crippen LogP contribution in [0, 0.1) is 6.92 Å². The van der Waals surface area contributed by atoms with Crippen molar-refractivity contribution in [3.8, 4) is 0 Å². The smallest absolute Gasteiger partial charge is 0.252 e. The Morgan fingerprint density at radius 1 is 1.35 bits per heavy atom. The van der Waals surface area contributed by atoms with E-state index in [1.54, 1.807) is 12.1 Å². The molecule has 1 aromatic rings. The zero-order chi connectivity index (χ0) is 12.0. The lowest BCUT2D eigenvalue weighted by atomic mass is 10.1. The van der Waals surface area contributed by atoms with Gasteiger partial charge in [-0.15, -0.1) is 12.4 Å². The summed E-state index contributed by atoms with van der Waals surface area (Å²) < 4.78 is 0. The molecule has 0 bridgehead atoms. The molecule has 2 N–H and O–H groups in total. The lowest BCUT2D eigenvalue weighted by Crippen LogP contribution is -2.31. The van der Waals surface area contributed by atoms with Crippen molar-refractivity contribution in [3.05, 3.63) is 34.3 Å². The molecule has 0 aliphatic heterocycles. The highest BCUT2D eigenvalue weighted by Crippen LogP contribution is 2.17. The van der Waals surface area contributed by atoms with E-state index in [4.69, 9.17) is 11.6 Å². The zero-order valence-electron chi connectivity index (χ0n) is 10.0. The number of nitrogens with one attached hydrogen (secondary N) is 2. The summed E-state index contributed by atoms with van der Waals surface area (Å²) in [5.41, 5.74) is 1.58. The maximum Gasteiger partial charge on any atom is 0.252 e. The molecule has 0 aliphatic rings. The van der Waals surface area contributed by atoms with Crippen LogP contribution in [-0.2, 0) is 0 Å². The molecule has 0 heterocycles. The number of halogens is 2. The number of carbonyl (C=O) groups is 1. The maximum atomic E-state index is 11.7. The molecule has 0 saturated carbocycles. The first-order valence-electron chi connectivity index (χ1n) is 5.40. The van der Waals surface area contributed by atoms with E-state index < -0.39 is 0 Å². The highest BCUT2D eigenvalue weighted by Gasteiger charge is 2.08. The second-order valence-corrected chi connectivity index (χ2v) is 4.00. The molecule has 17 heavy (non-hydrogen) atoms. The van der Waals surface area contributed by atoms with Gasteiger partial charge in [-0.25, -0.2) is 0 Å². The van der Waals surface area contributed by atoms with Crippen molar-refractivity contribution in [2.24, 2.45) is 0 Å². The van der Waals surface area contributed by atoms with Gasteiger partial charge in [0.25, 0.3) is 5.91 Å². The second-order valence-electron chi connectivity index (χ2n) is 3.59. The molecular formula is C12H18Cl2N2O. The highest BCUT2D eigenvalue weighted by atomic mass is 35.5. The van der Waals surface area contributed by atoms with E-state index >= 15 is 0 Å². The summed E-state index contributed by atoms with van der Waals surface area (Å²) in [7, 11) is 0. The molecule has 0 spiro atoms. The Kier molecular flexibility index (Phi) is 7.96. The van der Waals surface area contributed by atoms with Gasteiger partial charge in [-0.2, -0.15) is 0 Å². The topological polar surface area (TPSA) is 41.1 Å². The molecule has 1 amide bonds. The van der Waals surface area contributed by atoms with E-state index in [0.717, 1.165) is 18.7 Å². The fourth-order valence-electron chi connectivity index (χ4n) is 1.34. The number of hydrogen-bond acceptors (Lipinski definition) is 2. The normalized spacial score (nSPS) is 9.59. The van der Waals surface area contributed by atoms with Crippen molar-refractivity contribution in [1.82, 2.24) is 10.6 Å². The number of aryl methyl sites for hydroxylation is 1. The van der Waals surface area contributed by atoms with E-state index in [-0.39, 0.29) is 18.3 Å². The van der Waals surface area contributed by atoms with Crippen LogP contribution in [0.1, 0.15) is 22.8 Å². The first-order valence-corrected chi connectivity index (χ1v) is 5.78. The van der Waals surface area contributed by atoms with Crippen molar-refractivity contribution in [3.63, 3.8) is 0 Å². The highest BCUT2D eigenvalue weighted by molar-refractivity contribution is 6.33. The van der Waals surface area contributed by atoms with Crippen LogP contribution in [0.2, 0.25) is 5.02 Å². The van der Waals surface area contributed by atoms with Crippen LogP contribution in [0.3, 0.4) is 0 Å². The lowest BCUT2D eigenvalue weighted by molar-refractivity contribution is 0.0954. The number of benzene rings is 1. The van der Waals surface area contributed by atoms with Gasteiger partial charge in [0.2, 0.25) is 0 Å². The fourth-order valence-corrected chi connectivity index (χ4v) is 1.66. The third-order valence-corrected chi connectivity index (χ3v) is 2.52. The quantitative estimate of drug-likeness (QED) is 0.811. The van der Waals surface area contributed by atoms with Gasteiger partial charge < -0.3 is 10.6 Å². The average Bonchev–Trinajstić information content (AvgIpc) is 2.24. The third kappa shape index (κ3) is 5.39. The minimum atomic E-state index is -0.122. The Labute approximate surface area is 113 Å². The van der Waals surface area contributed by atoms with Crippen LogP contribution in [0.5, 0.6) is 0 Å². The van der Waals surface area contributed by atoms with Crippen molar-refractivity contribution in [2.75, 3.05) is 19.6 Å². The van der Waals surface area contributed by atoms with Gasteiger partial charge in [0, 0.05) is 13.1 Å². The molecule has 1 rings (SSSR count). The van der Waals surface area contributed by atoms with Gasteiger partial charge in [0.05, 0.1) is 10.6 Å². The third-order valence-electron chi connectivity index (χ3n) is 2.21. The predicted molar refractivity (Wildman–Crippen MR) is 74.3 cm³/mol. The van der Waals surface area contributed by atoms with Gasteiger partial charge in [0.15, 0.2) is 0 Å². The molecule has 5 heteroatoms. The van der Waals surface area contributed by atoms with Crippen LogP contribution in [0.4, 0.5) is 0 Å². The Hall–Kier alpha value is -0.770. The summed E-state index contributed by atoms with van der Waals surface area (Å²) in [6.07, 6.45) is 0. The standard InChI is InChI=1S/C12H17ClN2O.ClH/c1-3-14-6-7-15-12(16)10-5-4-9(2)8-11(10)13;/h4-5,8,14H,3,6-7H2,1-2H3,(H,15,16);1H. The average molecular weight is 277 g/mol. The largest absolute Gasteiger partial charge is 0.351 e. The summed E-state index contributed by atoms with van der Waals surface area (Å²) in [6.45, 7) is 6.25. The minimum Gasteiger partial charge on any atom is -0.351 e. The molecule has 0 atom stereocenters. The molecule has 3 nitrogen and oxygen atoms in total. The van der Waals surface area contributed by atoms with Gasteiger partial charge in [0.1, 0.15) is 0 Å². The SMILES string of the molecule is CCNCCNC(=O)c1ccc(C)cc1Cl.Cl. The van der Waals surface area contributed by atoms with E-state index in [2.05, 4.69) is 10.6 Å². The van der Waals surface area contributed by atoms with Gasteiger partial charge in [-0.1, -0.05) is 24.6 Å². The molecule has 96 valence electrons. The van der Waals surface area contributed by atoms with Crippen LogP contribution in [0.15, 0.2) is 18.2 Å². The number of hydrogen-bond donors (Lipinski definition) is 2.